The molecule has 0 bridgehead atoms. The minimum Gasteiger partial charge on any atom is -0.320 e. The lowest BCUT2D eigenvalue weighted by Gasteiger charge is -2.36. The number of carbonyl (C=O) groups excluding carboxylic acids is 1. The summed E-state index contributed by atoms with van der Waals surface area (Å²) in [6, 6.07) is 17.5. The van der Waals surface area contributed by atoms with Crippen LogP contribution in [-0.4, -0.2) is 32.4 Å². The van der Waals surface area contributed by atoms with Crippen LogP contribution in [0, 0.1) is 19.7 Å². The van der Waals surface area contributed by atoms with Crippen molar-refractivity contribution < 1.29 is 17.6 Å². The number of urea groups is 1. The van der Waals surface area contributed by atoms with Crippen LogP contribution in [0.4, 0.5) is 20.6 Å². The number of rotatable bonds is 6. The van der Waals surface area contributed by atoms with E-state index < -0.39 is 15.8 Å². The van der Waals surface area contributed by atoms with E-state index in [0.29, 0.717) is 31.0 Å². The molecule has 8 heteroatoms. The number of hydrogen-bond donors (Lipinski definition) is 1. The Balaban J connectivity index is 1.46. The third kappa shape index (κ3) is 5.34. The van der Waals surface area contributed by atoms with Crippen molar-refractivity contribution in [2.75, 3.05) is 22.7 Å². The van der Waals surface area contributed by atoms with Crippen molar-refractivity contribution in [2.45, 2.75) is 31.7 Å². The summed E-state index contributed by atoms with van der Waals surface area (Å²) in [4.78, 5) is 16.7. The van der Waals surface area contributed by atoms with Gasteiger partial charge in [-0.05, 0) is 74.4 Å². The van der Waals surface area contributed by atoms with Gasteiger partial charge >= 0.3 is 6.03 Å². The first-order valence-electron chi connectivity index (χ1n) is 10.7. The Labute approximate surface area is 193 Å². The van der Waals surface area contributed by atoms with E-state index in [1.807, 2.05) is 18.7 Å². The van der Waals surface area contributed by atoms with Crippen LogP contribution in [-0.2, 0) is 16.6 Å². The second-order valence-electron chi connectivity index (χ2n) is 8.31. The quantitative estimate of drug-likeness (QED) is 0.550. The SMILES string of the molecule is Cc1cc(C)cc(CN2CCCN(c3ccc(NS(=O)(=O)c4ccc(F)cc4)cc3)C2=O)c1. The number of anilines is 2. The molecule has 172 valence electrons. The number of sulfonamides is 1. The molecule has 0 aromatic heterocycles. The zero-order chi connectivity index (χ0) is 23.6. The number of nitrogens with zero attached hydrogens (tertiary/aromatic N) is 2. The monoisotopic (exact) mass is 467 g/mol. The van der Waals surface area contributed by atoms with Gasteiger partial charge in [-0.2, -0.15) is 0 Å². The molecule has 3 aromatic rings. The predicted octanol–water partition coefficient (Wildman–Crippen LogP) is 5.08. The second-order valence-corrected chi connectivity index (χ2v) is 9.99. The molecule has 1 aliphatic heterocycles. The van der Waals surface area contributed by atoms with Gasteiger partial charge in [-0.15, -0.1) is 0 Å². The molecule has 2 amide bonds. The molecule has 4 rings (SSSR count). The van der Waals surface area contributed by atoms with Crippen molar-refractivity contribution >= 4 is 27.4 Å². The fraction of sp³-hybridized carbons (Fsp3) is 0.240. The number of benzene rings is 3. The van der Waals surface area contributed by atoms with Crippen molar-refractivity contribution in [3.05, 3.63) is 89.2 Å². The molecule has 0 aliphatic carbocycles. The fourth-order valence-electron chi connectivity index (χ4n) is 4.09. The van der Waals surface area contributed by atoms with Gasteiger partial charge in [-0.25, -0.2) is 17.6 Å². The van der Waals surface area contributed by atoms with E-state index in [1.54, 1.807) is 29.2 Å². The number of hydrogen-bond acceptors (Lipinski definition) is 3. The van der Waals surface area contributed by atoms with Crippen molar-refractivity contribution in [2.24, 2.45) is 0 Å². The largest absolute Gasteiger partial charge is 0.324 e. The minimum absolute atomic E-state index is 0.0267. The van der Waals surface area contributed by atoms with E-state index in [-0.39, 0.29) is 10.9 Å². The summed E-state index contributed by atoms with van der Waals surface area (Å²) in [6.45, 7) is 5.94. The Hall–Kier alpha value is -3.39. The van der Waals surface area contributed by atoms with E-state index in [4.69, 9.17) is 0 Å². The van der Waals surface area contributed by atoms with Crippen molar-refractivity contribution in [3.8, 4) is 0 Å². The van der Waals surface area contributed by atoms with E-state index >= 15 is 0 Å². The molecular weight excluding hydrogens is 441 g/mol. The Morgan fingerprint density at radius 1 is 0.909 bits per heavy atom. The average Bonchev–Trinajstić information content (AvgIpc) is 2.75. The highest BCUT2D eigenvalue weighted by Gasteiger charge is 2.27. The normalized spacial score (nSPS) is 14.5. The molecule has 0 spiro atoms. The number of halogens is 1. The number of aryl methyl sites for hydroxylation is 2. The highest BCUT2D eigenvalue weighted by Crippen LogP contribution is 2.25. The van der Waals surface area contributed by atoms with Gasteiger partial charge in [0.1, 0.15) is 5.82 Å². The lowest BCUT2D eigenvalue weighted by molar-refractivity contribution is 0.192. The van der Waals surface area contributed by atoms with Gasteiger partial charge in [0.15, 0.2) is 0 Å². The van der Waals surface area contributed by atoms with E-state index in [0.717, 1.165) is 24.1 Å². The van der Waals surface area contributed by atoms with E-state index in [9.17, 15) is 17.6 Å². The van der Waals surface area contributed by atoms with Crippen LogP contribution in [0.2, 0.25) is 0 Å². The summed E-state index contributed by atoms with van der Waals surface area (Å²) in [5.41, 5.74) is 4.51. The van der Waals surface area contributed by atoms with Crippen LogP contribution >= 0.6 is 0 Å². The smallest absolute Gasteiger partial charge is 0.320 e. The Bertz CT molecular complexity index is 1240. The molecule has 33 heavy (non-hydrogen) atoms. The van der Waals surface area contributed by atoms with Gasteiger partial charge in [0, 0.05) is 31.0 Å². The number of amides is 2. The minimum atomic E-state index is -3.83. The first-order chi connectivity index (χ1) is 15.7. The summed E-state index contributed by atoms with van der Waals surface area (Å²) >= 11 is 0. The first-order valence-corrected chi connectivity index (χ1v) is 12.2. The van der Waals surface area contributed by atoms with Gasteiger partial charge in [0.25, 0.3) is 10.0 Å². The molecule has 0 saturated carbocycles. The molecule has 0 radical (unpaired) electrons. The second kappa shape index (κ2) is 9.23. The summed E-state index contributed by atoms with van der Waals surface area (Å²) in [7, 11) is -3.83. The Morgan fingerprint density at radius 2 is 1.55 bits per heavy atom. The molecular formula is C25H26FN3O3S. The van der Waals surface area contributed by atoms with Crippen LogP contribution in [0.3, 0.4) is 0 Å². The molecule has 1 heterocycles. The van der Waals surface area contributed by atoms with Crippen molar-refractivity contribution in [3.63, 3.8) is 0 Å². The first kappa shape index (κ1) is 22.8. The van der Waals surface area contributed by atoms with Crippen LogP contribution in [0.25, 0.3) is 0 Å². The predicted molar refractivity (Wildman–Crippen MR) is 127 cm³/mol. The maximum atomic E-state index is 13.1. The summed E-state index contributed by atoms with van der Waals surface area (Å²) in [5, 5.41) is 0. The van der Waals surface area contributed by atoms with E-state index in [2.05, 4.69) is 22.9 Å². The molecule has 1 N–H and O–H groups in total. The van der Waals surface area contributed by atoms with Gasteiger partial charge < -0.3 is 4.90 Å². The molecule has 1 aliphatic rings. The highest BCUT2D eigenvalue weighted by atomic mass is 32.2. The third-order valence-electron chi connectivity index (χ3n) is 5.52. The fourth-order valence-corrected chi connectivity index (χ4v) is 5.14. The Kier molecular flexibility index (Phi) is 6.37. The Morgan fingerprint density at radius 3 is 2.18 bits per heavy atom. The molecule has 0 atom stereocenters. The van der Waals surface area contributed by atoms with Gasteiger partial charge in [-0.1, -0.05) is 29.3 Å². The molecule has 0 unspecified atom stereocenters. The molecule has 6 nitrogen and oxygen atoms in total. The van der Waals surface area contributed by atoms with Crippen LogP contribution < -0.4 is 9.62 Å². The van der Waals surface area contributed by atoms with Crippen molar-refractivity contribution in [1.82, 2.24) is 4.90 Å². The van der Waals surface area contributed by atoms with Crippen LogP contribution in [0.15, 0.2) is 71.6 Å². The van der Waals surface area contributed by atoms with Gasteiger partial charge in [0.2, 0.25) is 0 Å². The molecule has 1 saturated heterocycles. The maximum Gasteiger partial charge on any atom is 0.324 e. The number of carbonyl (C=O) groups is 1. The maximum absolute atomic E-state index is 13.1. The van der Waals surface area contributed by atoms with Crippen LogP contribution in [0.1, 0.15) is 23.1 Å². The van der Waals surface area contributed by atoms with E-state index in [1.165, 1.54) is 23.3 Å². The third-order valence-corrected chi connectivity index (χ3v) is 6.92. The lowest BCUT2D eigenvalue weighted by Crippen LogP contribution is -2.49. The summed E-state index contributed by atoms with van der Waals surface area (Å²) in [6.07, 6.45) is 0.843. The summed E-state index contributed by atoms with van der Waals surface area (Å²) in [5.74, 6) is -0.504. The topological polar surface area (TPSA) is 69.7 Å². The van der Waals surface area contributed by atoms with Crippen molar-refractivity contribution in [1.29, 1.82) is 0 Å². The standard InChI is InChI=1S/C25H26FN3O3S/c1-18-14-19(2)16-20(15-18)17-28-12-3-13-29(25(28)30)23-8-6-22(7-9-23)27-33(31,32)24-10-4-21(26)5-11-24/h4-11,14-16,27H,3,12-13,17H2,1-2H3. The van der Waals surface area contributed by atoms with Crippen LogP contribution in [0.5, 0.6) is 0 Å². The molecule has 3 aromatic carbocycles. The zero-order valence-electron chi connectivity index (χ0n) is 18.6. The highest BCUT2D eigenvalue weighted by molar-refractivity contribution is 7.92. The lowest BCUT2D eigenvalue weighted by atomic mass is 10.1. The summed E-state index contributed by atoms with van der Waals surface area (Å²) < 4.78 is 40.6. The van der Waals surface area contributed by atoms with Gasteiger partial charge in [0.05, 0.1) is 4.90 Å². The zero-order valence-corrected chi connectivity index (χ0v) is 19.4. The number of nitrogens with one attached hydrogen (secondary N) is 1. The van der Waals surface area contributed by atoms with Gasteiger partial charge in [-0.3, -0.25) is 9.62 Å². The molecule has 1 fully saturated rings. The average molecular weight is 468 g/mol.